The summed E-state index contributed by atoms with van der Waals surface area (Å²) in [6, 6.07) is 47.8. The largest absolute Gasteiger partial charge is 0.376 e. The molecule has 3 aliphatic rings. The van der Waals surface area contributed by atoms with Gasteiger partial charge in [0.25, 0.3) is 0 Å². The van der Waals surface area contributed by atoms with Gasteiger partial charge in [-0.1, -0.05) is 149 Å². The Morgan fingerprint density at radius 3 is 1.93 bits per heavy atom. The fourth-order valence-electron chi connectivity index (χ4n) is 11.4. The molecule has 0 radical (unpaired) electrons. The third kappa shape index (κ3) is 4.92. The third-order valence-corrected chi connectivity index (χ3v) is 15.7. The Balaban J connectivity index is 1.34. The predicted molar refractivity (Wildman–Crippen MR) is 266 cm³/mol. The van der Waals surface area contributed by atoms with Gasteiger partial charge in [0.1, 0.15) is 0 Å². The fourth-order valence-corrected chi connectivity index (χ4v) is 12.5. The van der Waals surface area contributed by atoms with Gasteiger partial charge in [-0.2, -0.15) is 0 Å². The number of rotatable bonds is 1. The van der Waals surface area contributed by atoms with Crippen LogP contribution >= 0.6 is 11.3 Å². The number of anilines is 2. The molecule has 0 spiro atoms. The zero-order chi connectivity index (χ0) is 42.3. The standard InChI is InChI=1S/C57H53BN2S/c1-54(2,3)32-20-24-35(25-21-32)60-45-31-47-38(36-16-13-15-19-46(36)61-47)30-40(45)50-51-48(37-17-12-14-18-41(37)57(51,10)11)49-39-28-33(55(4,5)6)22-26-43(39)59-44-27-23-34(56(7,8)9)29-42(44)58(60)52(50)53(49)59/h12-31H,1-11H3. The summed E-state index contributed by atoms with van der Waals surface area (Å²) in [5.41, 5.74) is 21.6. The molecule has 4 heteroatoms. The summed E-state index contributed by atoms with van der Waals surface area (Å²) in [4.78, 5) is 2.74. The molecule has 7 aromatic carbocycles. The minimum Gasteiger partial charge on any atom is -0.376 e. The molecule has 0 fully saturated rings. The molecule has 0 saturated carbocycles. The van der Waals surface area contributed by atoms with Gasteiger partial charge in [-0.15, -0.1) is 11.3 Å². The summed E-state index contributed by atoms with van der Waals surface area (Å²) in [6.45, 7) is 26.0. The lowest BCUT2D eigenvalue weighted by atomic mass is 9.43. The van der Waals surface area contributed by atoms with Crippen molar-refractivity contribution >= 4 is 82.5 Å². The fraction of sp³-hybridized carbons (Fsp3) is 0.263. The Bertz CT molecular complexity index is 3390. The van der Waals surface area contributed by atoms with Crippen molar-refractivity contribution in [3.63, 3.8) is 0 Å². The molecule has 0 atom stereocenters. The van der Waals surface area contributed by atoms with Crippen molar-refractivity contribution in [1.29, 1.82) is 0 Å². The molecule has 0 N–H and O–H groups in total. The molecule has 61 heavy (non-hydrogen) atoms. The Kier molecular flexibility index (Phi) is 7.24. The first-order chi connectivity index (χ1) is 28.9. The molecule has 4 heterocycles. The van der Waals surface area contributed by atoms with E-state index in [4.69, 9.17) is 0 Å². The molecular formula is C57H53BN2S. The lowest BCUT2D eigenvalue weighted by molar-refractivity contribution is 0.590. The maximum Gasteiger partial charge on any atom is 0.333 e. The summed E-state index contributed by atoms with van der Waals surface area (Å²) in [5, 5.41) is 5.44. The molecule has 2 aliphatic heterocycles. The van der Waals surface area contributed by atoms with Crippen LogP contribution in [0.2, 0.25) is 0 Å². The molecule has 0 saturated heterocycles. The van der Waals surface area contributed by atoms with Crippen LogP contribution in [-0.2, 0) is 21.7 Å². The van der Waals surface area contributed by atoms with E-state index in [-0.39, 0.29) is 28.5 Å². The first-order valence-corrected chi connectivity index (χ1v) is 23.0. The smallest absolute Gasteiger partial charge is 0.333 e. The minimum atomic E-state index is -0.237. The molecule has 12 rings (SSSR count). The summed E-state index contributed by atoms with van der Waals surface area (Å²) in [5.74, 6) is 0. The zero-order valence-corrected chi connectivity index (χ0v) is 38.2. The lowest BCUT2D eigenvalue weighted by Crippen LogP contribution is -2.61. The van der Waals surface area contributed by atoms with E-state index in [1.807, 2.05) is 11.3 Å². The van der Waals surface area contributed by atoms with Crippen molar-refractivity contribution in [1.82, 2.24) is 4.57 Å². The maximum atomic E-state index is 2.74. The van der Waals surface area contributed by atoms with Crippen LogP contribution in [0.15, 0.2) is 121 Å². The van der Waals surface area contributed by atoms with Crippen LogP contribution in [0.3, 0.4) is 0 Å². The molecule has 0 amide bonds. The normalized spacial score (nSPS) is 15.2. The van der Waals surface area contributed by atoms with Gasteiger partial charge in [0.15, 0.2) is 0 Å². The topological polar surface area (TPSA) is 8.17 Å². The van der Waals surface area contributed by atoms with E-state index in [0.717, 1.165) is 0 Å². The zero-order valence-electron chi connectivity index (χ0n) is 37.4. The molecule has 9 aromatic rings. The predicted octanol–water partition coefficient (Wildman–Crippen LogP) is 14.6. The summed E-state index contributed by atoms with van der Waals surface area (Å²) in [6.07, 6.45) is 0. The second-order valence-electron chi connectivity index (χ2n) is 21.8. The number of benzene rings is 7. The summed E-state index contributed by atoms with van der Waals surface area (Å²) >= 11 is 1.92. The number of hydrogen-bond acceptors (Lipinski definition) is 2. The van der Waals surface area contributed by atoms with Gasteiger partial charge >= 0.3 is 6.85 Å². The highest BCUT2D eigenvalue weighted by Crippen LogP contribution is 2.59. The number of fused-ring (bicyclic) bond motifs is 16. The first kappa shape index (κ1) is 37.2. The average Bonchev–Trinajstić information content (AvgIpc) is 3.83. The molecule has 0 unspecified atom stereocenters. The Morgan fingerprint density at radius 2 is 1.20 bits per heavy atom. The molecule has 0 bridgehead atoms. The molecular weight excluding hydrogens is 756 g/mol. The lowest BCUT2D eigenvalue weighted by Gasteiger charge is -2.44. The van der Waals surface area contributed by atoms with Crippen LogP contribution < -0.4 is 15.7 Å². The van der Waals surface area contributed by atoms with Crippen molar-refractivity contribution in [2.24, 2.45) is 0 Å². The molecule has 300 valence electrons. The highest BCUT2D eigenvalue weighted by atomic mass is 32.1. The van der Waals surface area contributed by atoms with Crippen molar-refractivity contribution < 1.29 is 0 Å². The van der Waals surface area contributed by atoms with Crippen molar-refractivity contribution in [3.05, 3.63) is 149 Å². The van der Waals surface area contributed by atoms with E-state index in [1.54, 1.807) is 0 Å². The second kappa shape index (κ2) is 11.9. The number of thiophene rings is 1. The van der Waals surface area contributed by atoms with Crippen LogP contribution in [0.5, 0.6) is 0 Å². The molecule has 1 aliphatic carbocycles. The van der Waals surface area contributed by atoms with E-state index in [0.29, 0.717) is 0 Å². The quantitative estimate of drug-likeness (QED) is 0.150. The van der Waals surface area contributed by atoms with Crippen LogP contribution in [-0.4, -0.2) is 11.4 Å². The van der Waals surface area contributed by atoms with Crippen molar-refractivity contribution in [2.75, 3.05) is 4.81 Å². The SMILES string of the molecule is CC(C)(C)c1ccc(N2B3c4cc(C(C)(C)C)ccc4-n4c5ccc(C(C)(C)C)cc5c5c6c(c(c3c54)-c3cc4c(cc32)sc2ccccc24)C(C)(C)c2ccccc2-6)cc1. The van der Waals surface area contributed by atoms with E-state index >= 15 is 0 Å². The van der Waals surface area contributed by atoms with Gasteiger partial charge in [-0.05, 0) is 120 Å². The van der Waals surface area contributed by atoms with Crippen LogP contribution in [0.4, 0.5) is 11.4 Å². The van der Waals surface area contributed by atoms with Crippen LogP contribution in [0.1, 0.15) is 104 Å². The van der Waals surface area contributed by atoms with Crippen LogP contribution in [0, 0.1) is 0 Å². The molecule has 2 nitrogen and oxygen atoms in total. The Labute approximate surface area is 365 Å². The van der Waals surface area contributed by atoms with E-state index in [2.05, 4.69) is 207 Å². The Morgan fingerprint density at radius 1 is 0.541 bits per heavy atom. The summed E-state index contributed by atoms with van der Waals surface area (Å²) in [7, 11) is 0. The third-order valence-electron chi connectivity index (χ3n) is 14.6. The monoisotopic (exact) mass is 808 g/mol. The van der Waals surface area contributed by atoms with Gasteiger partial charge in [0.05, 0.1) is 11.0 Å². The van der Waals surface area contributed by atoms with Crippen LogP contribution in [0.25, 0.3) is 69.9 Å². The first-order valence-electron chi connectivity index (χ1n) is 22.2. The van der Waals surface area contributed by atoms with E-state index in [1.165, 1.54) is 120 Å². The van der Waals surface area contributed by atoms with Gasteiger partial charge in [0.2, 0.25) is 0 Å². The highest BCUT2D eigenvalue weighted by molar-refractivity contribution is 7.25. The Hall–Kier alpha value is -5.58. The average molecular weight is 809 g/mol. The highest BCUT2D eigenvalue weighted by Gasteiger charge is 2.50. The maximum absolute atomic E-state index is 2.74. The summed E-state index contributed by atoms with van der Waals surface area (Å²) < 4.78 is 5.35. The number of aromatic nitrogens is 1. The second-order valence-corrected chi connectivity index (χ2v) is 22.9. The van der Waals surface area contributed by atoms with E-state index < -0.39 is 0 Å². The number of hydrogen-bond donors (Lipinski definition) is 0. The van der Waals surface area contributed by atoms with Gasteiger partial charge in [-0.3, -0.25) is 0 Å². The molecule has 2 aromatic heterocycles. The van der Waals surface area contributed by atoms with Crippen molar-refractivity contribution in [2.45, 2.75) is 97.8 Å². The van der Waals surface area contributed by atoms with Gasteiger partial charge < -0.3 is 9.38 Å². The van der Waals surface area contributed by atoms with Gasteiger partial charge in [-0.25, -0.2) is 0 Å². The van der Waals surface area contributed by atoms with Gasteiger partial charge in [0, 0.05) is 59.0 Å². The van der Waals surface area contributed by atoms with Crippen molar-refractivity contribution in [3.8, 4) is 27.9 Å². The van der Waals surface area contributed by atoms with E-state index in [9.17, 15) is 0 Å². The minimum absolute atomic E-state index is 0.00302. The number of nitrogens with zero attached hydrogens (tertiary/aromatic N) is 2.